The van der Waals surface area contributed by atoms with E-state index in [9.17, 15) is 45.0 Å². The molecule has 10 N–H and O–H groups in total. The SMILES string of the molecule is CCC[C@@H]1C/C=C/C=C/C=C/C=C/[C@H](O[C@@H]2O[C@H](C)[C@@H](O)[C@H](N)[C@@H]2O)C[C@@H]2O[C@](O)(C[C@@H](O)CCCC(=O)C[C@@H](O)[C@H](CC)C(=O)O1)C[C@H](O)[C@H]2C(N)=O. The van der Waals surface area contributed by atoms with Crippen molar-refractivity contribution >= 4 is 17.7 Å². The van der Waals surface area contributed by atoms with Gasteiger partial charge in [0.2, 0.25) is 5.91 Å². The Balaban J connectivity index is 1.90. The Morgan fingerprint density at radius 3 is 2.33 bits per heavy atom. The number of aliphatic hydroxyl groups is 6. The molecule has 0 aliphatic carbocycles. The van der Waals surface area contributed by atoms with Crippen molar-refractivity contribution in [2.75, 3.05) is 0 Å². The largest absolute Gasteiger partial charge is 0.462 e. The van der Waals surface area contributed by atoms with E-state index in [2.05, 4.69) is 0 Å². The van der Waals surface area contributed by atoms with E-state index in [4.69, 9.17) is 30.4 Å². The van der Waals surface area contributed by atoms with E-state index in [1.807, 2.05) is 13.0 Å². The van der Waals surface area contributed by atoms with E-state index in [1.54, 1.807) is 56.4 Å². The molecule has 2 fully saturated rings. The smallest absolute Gasteiger partial charge is 0.311 e. The molecule has 3 heterocycles. The summed E-state index contributed by atoms with van der Waals surface area (Å²) in [5.41, 5.74) is 11.7. The van der Waals surface area contributed by atoms with Crippen LogP contribution in [0.1, 0.15) is 91.4 Å². The minimum Gasteiger partial charge on any atom is -0.462 e. The van der Waals surface area contributed by atoms with Crippen LogP contribution in [0, 0.1) is 11.8 Å². The highest BCUT2D eigenvalue weighted by molar-refractivity contribution is 5.80. The number of carbonyl (C=O) groups excluding carboxylic acids is 3. The van der Waals surface area contributed by atoms with Crippen LogP contribution < -0.4 is 11.5 Å². The van der Waals surface area contributed by atoms with Crippen LogP contribution in [0.25, 0.3) is 0 Å². The van der Waals surface area contributed by atoms with E-state index in [0.717, 1.165) is 6.42 Å². The van der Waals surface area contributed by atoms with Crippen LogP contribution in [0.4, 0.5) is 0 Å². The fourth-order valence-electron chi connectivity index (χ4n) is 7.20. The third-order valence-electron chi connectivity index (χ3n) is 10.2. The highest BCUT2D eigenvalue weighted by Crippen LogP contribution is 2.38. The van der Waals surface area contributed by atoms with Crippen molar-refractivity contribution in [1.82, 2.24) is 0 Å². The molecule has 0 aromatic rings. The number of esters is 1. The maximum atomic E-state index is 13.0. The Hall–Kier alpha value is -2.83. The van der Waals surface area contributed by atoms with Gasteiger partial charge in [-0.05, 0) is 32.6 Å². The molecule has 0 aromatic carbocycles. The minimum absolute atomic E-state index is 0.00114. The summed E-state index contributed by atoms with van der Waals surface area (Å²) in [6.07, 6.45) is 3.91. The first kappa shape index (κ1) is 45.6. The molecule has 2 bridgehead atoms. The van der Waals surface area contributed by atoms with Gasteiger partial charge < -0.3 is 61.1 Å². The van der Waals surface area contributed by atoms with E-state index >= 15 is 0 Å². The summed E-state index contributed by atoms with van der Waals surface area (Å²) in [4.78, 5) is 38.4. The number of rotatable bonds is 6. The summed E-state index contributed by atoms with van der Waals surface area (Å²) in [6.45, 7) is 5.29. The van der Waals surface area contributed by atoms with Crippen molar-refractivity contribution in [3.8, 4) is 0 Å². The Morgan fingerprint density at radius 2 is 1.67 bits per heavy atom. The highest BCUT2D eigenvalue weighted by Gasteiger charge is 2.50. The molecule has 3 aliphatic rings. The van der Waals surface area contributed by atoms with Gasteiger partial charge in [-0.15, -0.1) is 0 Å². The van der Waals surface area contributed by atoms with Gasteiger partial charge in [0.25, 0.3) is 0 Å². The Labute approximate surface area is 317 Å². The van der Waals surface area contributed by atoms with Gasteiger partial charge in [0.05, 0.1) is 60.6 Å². The summed E-state index contributed by atoms with van der Waals surface area (Å²) < 4.78 is 23.6. The van der Waals surface area contributed by atoms with Crippen LogP contribution in [0.5, 0.6) is 0 Å². The zero-order valence-electron chi connectivity index (χ0n) is 31.6. The van der Waals surface area contributed by atoms with Gasteiger partial charge in [-0.1, -0.05) is 68.9 Å². The van der Waals surface area contributed by atoms with Gasteiger partial charge in [-0.2, -0.15) is 0 Å². The molecule has 14 atom stereocenters. The second kappa shape index (κ2) is 22.0. The second-order valence-electron chi connectivity index (χ2n) is 14.7. The summed E-state index contributed by atoms with van der Waals surface area (Å²) >= 11 is 0. The number of carbonyl (C=O) groups is 3. The average Bonchev–Trinajstić information content (AvgIpc) is 3.08. The summed E-state index contributed by atoms with van der Waals surface area (Å²) in [7, 11) is 0. The van der Waals surface area contributed by atoms with Crippen molar-refractivity contribution in [3.63, 3.8) is 0 Å². The normalized spacial score (nSPS) is 42.3. The topological polar surface area (TPSA) is 262 Å². The molecule has 0 spiro atoms. The first-order valence-corrected chi connectivity index (χ1v) is 19.1. The van der Waals surface area contributed by atoms with Crippen LogP contribution >= 0.6 is 0 Å². The molecule has 306 valence electrons. The van der Waals surface area contributed by atoms with Crippen LogP contribution in [0.15, 0.2) is 48.6 Å². The zero-order valence-corrected chi connectivity index (χ0v) is 31.6. The summed E-state index contributed by atoms with van der Waals surface area (Å²) in [5, 5.41) is 65.3. The number of fused-ring (bicyclic) bond motifs is 2. The number of hydrogen-bond donors (Lipinski definition) is 8. The average molecular weight is 767 g/mol. The highest BCUT2D eigenvalue weighted by atomic mass is 16.7. The van der Waals surface area contributed by atoms with Crippen molar-refractivity contribution in [1.29, 1.82) is 0 Å². The molecule has 0 aromatic heterocycles. The molecule has 0 radical (unpaired) electrons. The zero-order chi connectivity index (χ0) is 40.0. The Kier molecular flexibility index (Phi) is 18.6. The van der Waals surface area contributed by atoms with Gasteiger partial charge in [0.1, 0.15) is 18.0 Å². The molecular formula is C39H62N2O13. The molecule has 3 rings (SSSR count). The molecule has 1 amide bonds. The van der Waals surface area contributed by atoms with Gasteiger partial charge >= 0.3 is 5.97 Å². The van der Waals surface area contributed by atoms with Crippen molar-refractivity contribution < 1.29 is 64.0 Å². The number of hydrogen-bond acceptors (Lipinski definition) is 14. The number of ether oxygens (including phenoxy) is 4. The molecule has 15 heteroatoms. The maximum absolute atomic E-state index is 13.0. The van der Waals surface area contributed by atoms with Crippen molar-refractivity contribution in [3.05, 3.63) is 48.6 Å². The number of ketones is 1. The van der Waals surface area contributed by atoms with Gasteiger partial charge in [0.15, 0.2) is 12.1 Å². The number of Topliss-reactive ketones (excluding diaryl/α,β-unsaturated/α-hetero) is 1. The maximum Gasteiger partial charge on any atom is 0.311 e. The van der Waals surface area contributed by atoms with E-state index in [-0.39, 0.29) is 50.7 Å². The van der Waals surface area contributed by atoms with E-state index < -0.39 is 103 Å². The molecule has 15 nitrogen and oxygen atoms in total. The van der Waals surface area contributed by atoms with Crippen LogP contribution in [-0.2, 0) is 33.3 Å². The Bertz CT molecular complexity index is 1320. The van der Waals surface area contributed by atoms with Gasteiger partial charge in [-0.3, -0.25) is 14.4 Å². The van der Waals surface area contributed by atoms with Gasteiger partial charge in [0, 0.05) is 38.5 Å². The number of primary amides is 1. The molecule has 2 saturated heterocycles. The van der Waals surface area contributed by atoms with Crippen molar-refractivity contribution in [2.45, 2.75) is 164 Å². The third-order valence-corrected chi connectivity index (χ3v) is 10.2. The summed E-state index contributed by atoms with van der Waals surface area (Å²) in [6, 6.07) is -1.08. The first-order chi connectivity index (χ1) is 25.6. The lowest BCUT2D eigenvalue weighted by atomic mass is 9.82. The lowest BCUT2D eigenvalue weighted by Crippen LogP contribution is -2.61. The van der Waals surface area contributed by atoms with Gasteiger partial charge in [-0.25, -0.2) is 0 Å². The Morgan fingerprint density at radius 1 is 0.981 bits per heavy atom. The summed E-state index contributed by atoms with van der Waals surface area (Å²) in [5.74, 6) is -6.00. The van der Waals surface area contributed by atoms with Crippen LogP contribution in [-0.4, -0.2) is 121 Å². The predicted octanol–water partition coefficient (Wildman–Crippen LogP) is 1.10. The molecular weight excluding hydrogens is 704 g/mol. The van der Waals surface area contributed by atoms with E-state index in [0.29, 0.717) is 12.8 Å². The number of aliphatic hydroxyl groups excluding tert-OH is 5. The lowest BCUT2D eigenvalue weighted by molar-refractivity contribution is -0.306. The number of cyclic esters (lactones) is 1. The number of allylic oxidation sites excluding steroid dienone is 6. The standard InChI is InChI=1S/C39H62N2O13/c1-4-14-26-17-11-9-7-6-8-10-12-18-27(53-38-35(47)33(40)34(46)23(3)51-38)20-31-32(36(41)48)30(45)22-39(50,54-31)21-25(43)16-13-15-24(42)19-29(44)28(5-2)37(49)52-26/h6-12,18,23,25-35,38,43-47,50H,4-5,13-17,19-22,40H2,1-3H3,(H2,41,48)/b7-6+,10-8+,11-9+,18-12+/t23-,25+,26-,27+,28+,29-,30+,31+,32-,33+,34-,35+,38+,39-/m1/s1. The first-order valence-electron chi connectivity index (χ1n) is 19.1. The fourth-order valence-corrected chi connectivity index (χ4v) is 7.20. The minimum atomic E-state index is -2.10. The predicted molar refractivity (Wildman–Crippen MR) is 197 cm³/mol. The fraction of sp³-hybridized carbons (Fsp3) is 0.718. The number of nitrogens with two attached hydrogens (primary N) is 2. The monoisotopic (exact) mass is 766 g/mol. The molecule has 0 saturated carbocycles. The van der Waals surface area contributed by atoms with Crippen molar-refractivity contribution in [2.24, 2.45) is 23.3 Å². The van der Waals surface area contributed by atoms with Crippen LogP contribution in [0.3, 0.4) is 0 Å². The quantitative estimate of drug-likeness (QED) is 0.176. The van der Waals surface area contributed by atoms with Crippen LogP contribution in [0.2, 0.25) is 0 Å². The molecule has 54 heavy (non-hydrogen) atoms. The van der Waals surface area contributed by atoms with E-state index in [1.165, 1.54) is 0 Å². The molecule has 0 unspecified atom stereocenters. The number of amides is 1. The molecule has 3 aliphatic heterocycles. The lowest BCUT2D eigenvalue weighted by Gasteiger charge is -2.45. The second-order valence-corrected chi connectivity index (χ2v) is 14.7. The third kappa shape index (κ3) is 13.7.